The van der Waals surface area contributed by atoms with Gasteiger partial charge in [-0.2, -0.15) is 0 Å². The summed E-state index contributed by atoms with van der Waals surface area (Å²) in [5.41, 5.74) is 5.62. The van der Waals surface area contributed by atoms with Crippen LogP contribution in [-0.4, -0.2) is 14.1 Å². The quantitative estimate of drug-likeness (QED) is 0.124. The molecule has 2 aliphatic rings. The van der Waals surface area contributed by atoms with Gasteiger partial charge in [0, 0.05) is 17.3 Å². The number of para-hydroxylation sites is 1. The highest BCUT2D eigenvalue weighted by Crippen LogP contribution is 2.48. The maximum Gasteiger partial charge on any atom is 0.179 e. The molecule has 5 aromatic rings. The molecule has 2 atom stereocenters. The van der Waals surface area contributed by atoms with E-state index in [9.17, 15) is 0 Å². The smallest absolute Gasteiger partial charge is 0.179 e. The van der Waals surface area contributed by atoms with Crippen molar-refractivity contribution in [2.45, 2.75) is 51.0 Å². The lowest BCUT2D eigenvalue weighted by Crippen LogP contribution is -2.74. The monoisotopic (exact) mass is 561 g/mol. The van der Waals surface area contributed by atoms with Crippen LogP contribution in [0.3, 0.4) is 0 Å². The van der Waals surface area contributed by atoms with Gasteiger partial charge in [0.25, 0.3) is 0 Å². The van der Waals surface area contributed by atoms with Crippen LogP contribution in [0.5, 0.6) is 0 Å². The van der Waals surface area contributed by atoms with Crippen LogP contribution in [0.15, 0.2) is 146 Å². The SMILES string of the molecule is CC(C)(C)c1ccc([Si](c2ccccc2)(c2ccccc2)c2ccc3c(c2)C2CCC=CC2N3c2ccccc2)cc1. The van der Waals surface area contributed by atoms with E-state index in [1.807, 2.05) is 0 Å². The van der Waals surface area contributed by atoms with Crippen LogP contribution in [-0.2, 0) is 5.41 Å². The van der Waals surface area contributed by atoms with Crippen LogP contribution >= 0.6 is 0 Å². The minimum absolute atomic E-state index is 0.111. The lowest BCUT2D eigenvalue weighted by Gasteiger charge is -2.35. The summed E-state index contributed by atoms with van der Waals surface area (Å²) in [5.74, 6) is 0.492. The maximum absolute atomic E-state index is 2.62. The molecule has 0 saturated carbocycles. The molecule has 2 heteroatoms. The third-order valence-corrected chi connectivity index (χ3v) is 14.2. The second kappa shape index (κ2) is 10.6. The highest BCUT2D eigenvalue weighted by Gasteiger charge is 2.44. The van der Waals surface area contributed by atoms with E-state index < -0.39 is 8.07 Å². The van der Waals surface area contributed by atoms with Gasteiger partial charge in [0.05, 0.1) is 6.04 Å². The van der Waals surface area contributed by atoms with Gasteiger partial charge < -0.3 is 4.90 Å². The van der Waals surface area contributed by atoms with Crippen LogP contribution in [0.2, 0.25) is 0 Å². The van der Waals surface area contributed by atoms with Crippen molar-refractivity contribution in [2.24, 2.45) is 0 Å². The summed E-state index contributed by atoms with van der Waals surface area (Å²) in [4.78, 5) is 2.58. The maximum atomic E-state index is 2.61. The molecule has 0 amide bonds. The van der Waals surface area contributed by atoms with Gasteiger partial charge in [-0.3, -0.25) is 0 Å². The molecular weight excluding hydrogens is 523 g/mol. The molecule has 208 valence electrons. The highest BCUT2D eigenvalue weighted by atomic mass is 28.3. The average molecular weight is 562 g/mol. The lowest BCUT2D eigenvalue weighted by molar-refractivity contribution is 0.573. The number of hydrogen-bond acceptors (Lipinski definition) is 1. The lowest BCUT2D eigenvalue weighted by atomic mass is 9.86. The third-order valence-electron chi connectivity index (χ3n) is 9.44. The fourth-order valence-electron chi connectivity index (χ4n) is 7.38. The Morgan fingerprint density at radius 2 is 1.17 bits per heavy atom. The van der Waals surface area contributed by atoms with E-state index in [1.165, 1.54) is 49.7 Å². The van der Waals surface area contributed by atoms with Gasteiger partial charge in [-0.1, -0.05) is 148 Å². The van der Waals surface area contributed by atoms with Crippen LogP contribution in [0.1, 0.15) is 50.7 Å². The van der Waals surface area contributed by atoms with Crippen LogP contribution in [0, 0.1) is 0 Å². The normalized spacial score (nSPS) is 18.0. The molecule has 1 nitrogen and oxygen atoms in total. The molecule has 2 unspecified atom stereocenters. The van der Waals surface area contributed by atoms with Crippen molar-refractivity contribution in [1.82, 2.24) is 0 Å². The van der Waals surface area contributed by atoms with E-state index in [2.05, 4.69) is 171 Å². The minimum atomic E-state index is -2.62. The highest BCUT2D eigenvalue weighted by molar-refractivity contribution is 7.19. The first-order chi connectivity index (χ1) is 20.5. The molecule has 0 bridgehead atoms. The van der Waals surface area contributed by atoms with E-state index >= 15 is 0 Å². The van der Waals surface area contributed by atoms with Gasteiger partial charge in [-0.25, -0.2) is 0 Å². The van der Waals surface area contributed by atoms with Crippen LogP contribution < -0.4 is 25.6 Å². The number of nitrogens with zero attached hydrogens (tertiary/aromatic N) is 1. The van der Waals surface area contributed by atoms with E-state index in [0.717, 1.165) is 6.42 Å². The molecule has 0 N–H and O–H groups in total. The minimum Gasteiger partial charge on any atom is -0.334 e. The van der Waals surface area contributed by atoms with Gasteiger partial charge in [0.2, 0.25) is 0 Å². The van der Waals surface area contributed by atoms with E-state index in [4.69, 9.17) is 0 Å². The Bertz CT molecular complexity index is 1660. The molecule has 1 aliphatic heterocycles. The number of benzene rings is 5. The van der Waals surface area contributed by atoms with E-state index in [1.54, 1.807) is 0 Å². The summed E-state index contributed by atoms with van der Waals surface area (Å²) in [6.45, 7) is 6.90. The van der Waals surface area contributed by atoms with Gasteiger partial charge in [-0.15, -0.1) is 0 Å². The molecule has 0 fully saturated rings. The third kappa shape index (κ3) is 4.37. The number of hydrogen-bond donors (Lipinski definition) is 0. The molecule has 5 aromatic carbocycles. The number of anilines is 2. The van der Waals surface area contributed by atoms with E-state index in [0.29, 0.717) is 12.0 Å². The zero-order valence-corrected chi connectivity index (χ0v) is 25.9. The Kier molecular flexibility index (Phi) is 6.75. The predicted octanol–water partition coefficient (Wildman–Crippen LogP) is 7.32. The summed E-state index contributed by atoms with van der Waals surface area (Å²) < 4.78 is 0. The molecule has 0 aromatic heterocycles. The summed E-state index contributed by atoms with van der Waals surface area (Å²) in [7, 11) is -2.62. The van der Waals surface area contributed by atoms with Crippen molar-refractivity contribution in [3.8, 4) is 0 Å². The molecule has 0 spiro atoms. The van der Waals surface area contributed by atoms with Crippen LogP contribution in [0.25, 0.3) is 0 Å². The molecular formula is C40H39NSi. The largest absolute Gasteiger partial charge is 0.334 e. The van der Waals surface area contributed by atoms with Gasteiger partial charge in [0.15, 0.2) is 8.07 Å². The number of rotatable bonds is 5. The Morgan fingerprint density at radius 1 is 0.619 bits per heavy atom. The van der Waals surface area contributed by atoms with Crippen molar-refractivity contribution in [1.29, 1.82) is 0 Å². The Balaban J connectivity index is 1.49. The van der Waals surface area contributed by atoms with Crippen molar-refractivity contribution in [3.63, 3.8) is 0 Å². The van der Waals surface area contributed by atoms with E-state index in [-0.39, 0.29) is 5.41 Å². The number of allylic oxidation sites excluding steroid dienone is 1. The fourth-order valence-corrected chi connectivity index (χ4v) is 12.1. The first-order valence-electron chi connectivity index (χ1n) is 15.4. The van der Waals surface area contributed by atoms with Gasteiger partial charge in [0.1, 0.15) is 0 Å². The standard InChI is InChI=1S/C40H39NSi/c1-40(2,3)30-23-25-34(26-24-30)42(32-17-9-5-10-18-32,33-19-11-6-12-20-33)35-27-28-39-37(29-35)36-21-13-14-22-38(36)41(39)31-15-7-4-8-16-31/h4-12,14-20,22-29,36,38H,13,21H2,1-3H3. The summed E-state index contributed by atoms with van der Waals surface area (Å²) >= 11 is 0. The first kappa shape index (κ1) is 26.7. The molecule has 1 heterocycles. The molecule has 1 aliphatic carbocycles. The van der Waals surface area contributed by atoms with Crippen LogP contribution in [0.4, 0.5) is 11.4 Å². The predicted molar refractivity (Wildman–Crippen MR) is 182 cm³/mol. The van der Waals surface area contributed by atoms with Gasteiger partial charge >= 0.3 is 0 Å². The van der Waals surface area contributed by atoms with Crippen molar-refractivity contribution in [2.75, 3.05) is 4.90 Å². The Labute approximate surface area is 252 Å². The second-order valence-corrected chi connectivity index (χ2v) is 16.7. The Morgan fingerprint density at radius 3 is 1.76 bits per heavy atom. The zero-order valence-electron chi connectivity index (χ0n) is 24.9. The zero-order chi connectivity index (χ0) is 28.7. The van der Waals surface area contributed by atoms with Crippen molar-refractivity contribution < 1.29 is 0 Å². The number of fused-ring (bicyclic) bond motifs is 3. The topological polar surface area (TPSA) is 3.24 Å². The van der Waals surface area contributed by atoms with Gasteiger partial charge in [-0.05, 0) is 68.3 Å². The summed E-state index contributed by atoms with van der Waals surface area (Å²) in [6.07, 6.45) is 7.16. The average Bonchev–Trinajstić information content (AvgIpc) is 3.37. The Hall–Kier alpha value is -4.14. The first-order valence-corrected chi connectivity index (χ1v) is 17.4. The van der Waals surface area contributed by atoms with Crippen molar-refractivity contribution >= 4 is 40.2 Å². The molecule has 0 saturated heterocycles. The second-order valence-electron chi connectivity index (χ2n) is 12.9. The van der Waals surface area contributed by atoms with Crippen molar-refractivity contribution in [3.05, 3.63) is 157 Å². The summed E-state index contributed by atoms with van der Waals surface area (Å²) in [5, 5.41) is 5.76. The molecule has 0 radical (unpaired) electrons. The molecule has 42 heavy (non-hydrogen) atoms. The fraction of sp³-hybridized carbons (Fsp3) is 0.200. The molecule has 7 rings (SSSR count). The summed E-state index contributed by atoms with van der Waals surface area (Å²) in [6, 6.07) is 51.1.